The smallest absolute Gasteiger partial charge is 0.345 e. The quantitative estimate of drug-likeness (QED) is 0.854. The molecule has 2 aromatic rings. The molecule has 0 spiro atoms. The largest absolute Gasteiger partial charge is 0.477 e. The highest BCUT2D eigenvalue weighted by molar-refractivity contribution is 7.98. The number of carboxylic acids is 1. The van der Waals surface area contributed by atoms with Gasteiger partial charge in [0, 0.05) is 16.0 Å². The molecule has 18 heavy (non-hydrogen) atoms. The van der Waals surface area contributed by atoms with Crippen molar-refractivity contribution in [2.45, 2.75) is 17.6 Å². The minimum Gasteiger partial charge on any atom is -0.477 e. The summed E-state index contributed by atoms with van der Waals surface area (Å²) >= 11 is 2.72. The molecule has 0 aliphatic rings. The first-order valence-corrected chi connectivity index (χ1v) is 7.12. The lowest BCUT2D eigenvalue weighted by Crippen LogP contribution is -1.90. The Morgan fingerprint density at radius 2 is 2.22 bits per heavy atom. The highest BCUT2D eigenvalue weighted by atomic mass is 32.2. The Morgan fingerprint density at radius 3 is 2.89 bits per heavy atom. The molecule has 5 heteroatoms. The summed E-state index contributed by atoms with van der Waals surface area (Å²) in [6.45, 7) is 1.94. The predicted molar refractivity (Wildman–Crippen MR) is 72.0 cm³/mol. The SMILES string of the molecule is Cc1ccc(F)cc1CSc1csc(C(=O)O)c1. The molecule has 0 aliphatic carbocycles. The van der Waals surface area contributed by atoms with E-state index in [2.05, 4.69) is 0 Å². The van der Waals surface area contributed by atoms with Crippen LogP contribution in [0, 0.1) is 12.7 Å². The number of thiophene rings is 1. The molecule has 1 N–H and O–H groups in total. The predicted octanol–water partition coefficient (Wildman–Crippen LogP) is 4.19. The van der Waals surface area contributed by atoms with Crippen LogP contribution in [0.1, 0.15) is 20.8 Å². The highest BCUT2D eigenvalue weighted by Crippen LogP contribution is 2.28. The minimum atomic E-state index is -0.909. The fourth-order valence-electron chi connectivity index (χ4n) is 1.46. The number of carbonyl (C=O) groups is 1. The summed E-state index contributed by atoms with van der Waals surface area (Å²) in [6, 6.07) is 6.36. The average Bonchev–Trinajstić information content (AvgIpc) is 2.79. The third-order valence-electron chi connectivity index (χ3n) is 2.49. The summed E-state index contributed by atoms with van der Waals surface area (Å²) in [5.41, 5.74) is 1.97. The van der Waals surface area contributed by atoms with Gasteiger partial charge in [0.2, 0.25) is 0 Å². The number of aromatic carboxylic acids is 1. The second kappa shape index (κ2) is 5.54. The Bertz CT molecular complexity index is 578. The molecule has 0 saturated heterocycles. The number of hydrogen-bond donors (Lipinski definition) is 1. The van der Waals surface area contributed by atoms with E-state index in [0.29, 0.717) is 10.6 Å². The summed E-state index contributed by atoms with van der Waals surface area (Å²) in [5.74, 6) is -0.513. The van der Waals surface area contributed by atoms with Gasteiger partial charge in [-0.25, -0.2) is 9.18 Å². The standard InChI is InChI=1S/C13H11FO2S2/c1-8-2-3-10(14)4-9(8)6-17-11-5-12(13(15)16)18-7-11/h2-5,7H,6H2,1H3,(H,15,16). The first-order chi connectivity index (χ1) is 8.56. The van der Waals surface area contributed by atoms with Crippen LogP contribution in [-0.4, -0.2) is 11.1 Å². The van der Waals surface area contributed by atoms with Gasteiger partial charge in [0.15, 0.2) is 0 Å². The fourth-order valence-corrected chi connectivity index (χ4v) is 3.40. The van der Waals surface area contributed by atoms with Crippen molar-refractivity contribution in [2.24, 2.45) is 0 Å². The van der Waals surface area contributed by atoms with Crippen LogP contribution < -0.4 is 0 Å². The van der Waals surface area contributed by atoms with Gasteiger partial charge < -0.3 is 5.11 Å². The molecule has 0 saturated carbocycles. The summed E-state index contributed by atoms with van der Waals surface area (Å²) in [5, 5.41) is 10.6. The van der Waals surface area contributed by atoms with Crippen molar-refractivity contribution in [3.05, 3.63) is 51.5 Å². The summed E-state index contributed by atoms with van der Waals surface area (Å²) in [4.78, 5) is 12.0. The topological polar surface area (TPSA) is 37.3 Å². The molecular weight excluding hydrogens is 271 g/mol. The monoisotopic (exact) mass is 282 g/mol. The van der Waals surface area contributed by atoms with Crippen LogP contribution in [-0.2, 0) is 5.75 Å². The van der Waals surface area contributed by atoms with Gasteiger partial charge >= 0.3 is 5.97 Å². The van der Waals surface area contributed by atoms with Crippen molar-refractivity contribution in [3.63, 3.8) is 0 Å². The van der Waals surface area contributed by atoms with E-state index in [1.54, 1.807) is 12.1 Å². The molecule has 1 heterocycles. The van der Waals surface area contributed by atoms with E-state index >= 15 is 0 Å². The zero-order valence-corrected chi connectivity index (χ0v) is 11.3. The third-order valence-corrected chi connectivity index (χ3v) is 4.58. The van der Waals surface area contributed by atoms with Gasteiger partial charge in [0.1, 0.15) is 10.7 Å². The van der Waals surface area contributed by atoms with Crippen molar-refractivity contribution < 1.29 is 14.3 Å². The minimum absolute atomic E-state index is 0.243. The Kier molecular flexibility index (Phi) is 4.04. The summed E-state index contributed by atoms with van der Waals surface area (Å²) < 4.78 is 13.1. The van der Waals surface area contributed by atoms with Crippen molar-refractivity contribution in [2.75, 3.05) is 0 Å². The molecular formula is C13H11FO2S2. The van der Waals surface area contributed by atoms with Crippen LogP contribution in [0.15, 0.2) is 34.5 Å². The van der Waals surface area contributed by atoms with E-state index in [9.17, 15) is 9.18 Å². The molecule has 0 bridgehead atoms. The Labute approximate surface area is 112 Å². The number of halogens is 1. The normalized spacial score (nSPS) is 10.6. The van der Waals surface area contributed by atoms with E-state index in [1.165, 1.54) is 35.2 Å². The number of aryl methyl sites for hydroxylation is 1. The zero-order valence-electron chi connectivity index (χ0n) is 9.64. The number of hydrogen-bond acceptors (Lipinski definition) is 3. The maximum Gasteiger partial charge on any atom is 0.345 e. The van der Waals surface area contributed by atoms with Gasteiger partial charge in [-0.05, 0) is 36.2 Å². The van der Waals surface area contributed by atoms with Crippen LogP contribution >= 0.6 is 23.1 Å². The van der Waals surface area contributed by atoms with Crippen LogP contribution in [0.2, 0.25) is 0 Å². The molecule has 0 fully saturated rings. The van der Waals surface area contributed by atoms with Crippen LogP contribution in [0.25, 0.3) is 0 Å². The molecule has 2 nitrogen and oxygen atoms in total. The van der Waals surface area contributed by atoms with Gasteiger partial charge in [-0.15, -0.1) is 23.1 Å². The highest BCUT2D eigenvalue weighted by Gasteiger charge is 2.08. The molecule has 0 aliphatic heterocycles. The lowest BCUT2D eigenvalue weighted by atomic mass is 10.1. The number of benzene rings is 1. The lowest BCUT2D eigenvalue weighted by molar-refractivity contribution is 0.0702. The fraction of sp³-hybridized carbons (Fsp3) is 0.154. The Morgan fingerprint density at radius 1 is 1.44 bits per heavy atom. The molecule has 0 amide bonds. The number of thioether (sulfide) groups is 1. The first-order valence-electron chi connectivity index (χ1n) is 5.26. The van der Waals surface area contributed by atoms with Crippen LogP contribution in [0.4, 0.5) is 4.39 Å². The van der Waals surface area contributed by atoms with Crippen molar-refractivity contribution in [1.82, 2.24) is 0 Å². The average molecular weight is 282 g/mol. The second-order valence-electron chi connectivity index (χ2n) is 3.81. The second-order valence-corrected chi connectivity index (χ2v) is 5.77. The van der Waals surface area contributed by atoms with E-state index in [1.807, 2.05) is 12.3 Å². The summed E-state index contributed by atoms with van der Waals surface area (Å²) in [6.07, 6.45) is 0. The molecule has 0 radical (unpaired) electrons. The molecule has 2 rings (SSSR count). The lowest BCUT2D eigenvalue weighted by Gasteiger charge is -2.04. The third kappa shape index (κ3) is 3.11. The van der Waals surface area contributed by atoms with Gasteiger partial charge in [-0.2, -0.15) is 0 Å². The number of carboxylic acid groups (broad SMARTS) is 1. The molecule has 0 unspecified atom stereocenters. The Balaban J connectivity index is 2.06. The Hall–Kier alpha value is -1.33. The maximum absolute atomic E-state index is 13.1. The van der Waals surface area contributed by atoms with E-state index in [-0.39, 0.29) is 5.82 Å². The van der Waals surface area contributed by atoms with Gasteiger partial charge in [-0.1, -0.05) is 6.07 Å². The van der Waals surface area contributed by atoms with E-state index in [0.717, 1.165) is 16.0 Å². The maximum atomic E-state index is 13.1. The van der Waals surface area contributed by atoms with Gasteiger partial charge in [0.25, 0.3) is 0 Å². The first kappa shape index (κ1) is 13.1. The molecule has 1 aromatic carbocycles. The van der Waals surface area contributed by atoms with Crippen molar-refractivity contribution in [1.29, 1.82) is 0 Å². The van der Waals surface area contributed by atoms with Gasteiger partial charge in [0.05, 0.1) is 0 Å². The molecule has 0 atom stereocenters. The van der Waals surface area contributed by atoms with Crippen LogP contribution in [0.3, 0.4) is 0 Å². The number of rotatable bonds is 4. The van der Waals surface area contributed by atoms with Crippen molar-refractivity contribution >= 4 is 29.1 Å². The molecule has 1 aromatic heterocycles. The van der Waals surface area contributed by atoms with Gasteiger partial charge in [-0.3, -0.25) is 0 Å². The zero-order chi connectivity index (χ0) is 13.1. The van der Waals surface area contributed by atoms with E-state index < -0.39 is 5.97 Å². The van der Waals surface area contributed by atoms with Crippen LogP contribution in [0.5, 0.6) is 0 Å². The van der Waals surface area contributed by atoms with Crippen molar-refractivity contribution in [3.8, 4) is 0 Å². The summed E-state index contributed by atoms with van der Waals surface area (Å²) in [7, 11) is 0. The molecule has 94 valence electrons. The van der Waals surface area contributed by atoms with E-state index in [4.69, 9.17) is 5.11 Å².